The van der Waals surface area contributed by atoms with Crippen LogP contribution in [0.25, 0.3) is 0 Å². The molecule has 0 bridgehead atoms. The minimum Gasteiger partial charge on any atom is -0.356 e. The van der Waals surface area contributed by atoms with Gasteiger partial charge in [0.15, 0.2) is 0 Å². The molecule has 3 amide bonds. The quantitative estimate of drug-likeness (QED) is 0.740. The molecule has 7 heteroatoms. The third kappa shape index (κ3) is 6.27. The van der Waals surface area contributed by atoms with E-state index in [0.29, 0.717) is 42.4 Å². The first-order valence-corrected chi connectivity index (χ1v) is 10.2. The topological polar surface area (TPSA) is 61.4 Å². The lowest BCUT2D eigenvalue weighted by Gasteiger charge is -2.32. The van der Waals surface area contributed by atoms with E-state index in [-0.39, 0.29) is 30.0 Å². The van der Waals surface area contributed by atoms with E-state index in [1.54, 1.807) is 36.1 Å². The number of carbonyl (C=O) groups is 2. The van der Waals surface area contributed by atoms with Gasteiger partial charge in [-0.15, -0.1) is 0 Å². The van der Waals surface area contributed by atoms with Gasteiger partial charge in [0, 0.05) is 25.3 Å². The van der Waals surface area contributed by atoms with Crippen molar-refractivity contribution in [3.05, 3.63) is 65.2 Å². The van der Waals surface area contributed by atoms with E-state index in [2.05, 4.69) is 10.6 Å². The van der Waals surface area contributed by atoms with Gasteiger partial charge in [0.1, 0.15) is 11.6 Å². The van der Waals surface area contributed by atoms with E-state index >= 15 is 0 Å². The van der Waals surface area contributed by atoms with E-state index in [1.165, 1.54) is 18.2 Å². The van der Waals surface area contributed by atoms with Crippen LogP contribution < -0.4 is 10.6 Å². The average molecular weight is 415 g/mol. The molecule has 1 fully saturated rings. The lowest BCUT2D eigenvalue weighted by Crippen LogP contribution is -2.41. The summed E-state index contributed by atoms with van der Waals surface area (Å²) in [5.74, 6) is -0.377. The van der Waals surface area contributed by atoms with Crippen LogP contribution in [0.3, 0.4) is 0 Å². The van der Waals surface area contributed by atoms with E-state index in [4.69, 9.17) is 0 Å². The highest BCUT2D eigenvalue weighted by molar-refractivity contribution is 5.89. The fraction of sp³-hybridized carbons (Fsp3) is 0.391. The summed E-state index contributed by atoms with van der Waals surface area (Å²) in [4.78, 5) is 26.1. The maximum absolute atomic E-state index is 13.6. The number of anilines is 1. The summed E-state index contributed by atoms with van der Waals surface area (Å²) in [5.41, 5.74) is 1.64. The van der Waals surface area contributed by atoms with Crippen LogP contribution in [0, 0.1) is 24.5 Å². The second-order valence-electron chi connectivity index (χ2n) is 7.77. The summed E-state index contributed by atoms with van der Waals surface area (Å²) in [6.07, 6.45) is 2.72. The third-order valence-corrected chi connectivity index (χ3v) is 5.45. The Kier molecular flexibility index (Phi) is 7.38. The van der Waals surface area contributed by atoms with Crippen LogP contribution >= 0.6 is 0 Å². The van der Waals surface area contributed by atoms with Crippen LogP contribution in [0.5, 0.6) is 0 Å². The number of urea groups is 1. The van der Waals surface area contributed by atoms with Gasteiger partial charge in [-0.25, -0.2) is 13.6 Å². The number of hydrogen-bond donors (Lipinski definition) is 2. The fourth-order valence-corrected chi connectivity index (χ4v) is 3.61. The Balaban J connectivity index is 1.35. The van der Waals surface area contributed by atoms with Gasteiger partial charge in [0.25, 0.3) is 0 Å². The molecule has 2 aromatic rings. The highest BCUT2D eigenvalue weighted by atomic mass is 19.1. The van der Waals surface area contributed by atoms with Gasteiger partial charge < -0.3 is 15.5 Å². The van der Waals surface area contributed by atoms with Crippen LogP contribution in [0.15, 0.2) is 42.5 Å². The molecule has 0 aromatic heterocycles. The molecule has 1 aliphatic rings. The molecule has 0 aliphatic carbocycles. The molecule has 5 nitrogen and oxygen atoms in total. The van der Waals surface area contributed by atoms with Crippen molar-refractivity contribution in [1.29, 1.82) is 0 Å². The van der Waals surface area contributed by atoms with Crippen LogP contribution in [0.1, 0.15) is 30.4 Å². The van der Waals surface area contributed by atoms with Crippen molar-refractivity contribution in [2.75, 3.05) is 25.0 Å². The van der Waals surface area contributed by atoms with Crippen molar-refractivity contribution in [2.24, 2.45) is 5.92 Å². The summed E-state index contributed by atoms with van der Waals surface area (Å²) in [6.45, 7) is 3.49. The van der Waals surface area contributed by atoms with Gasteiger partial charge in [-0.2, -0.15) is 0 Å². The number of piperidine rings is 1. The van der Waals surface area contributed by atoms with Crippen molar-refractivity contribution in [2.45, 2.75) is 32.6 Å². The lowest BCUT2D eigenvalue weighted by atomic mass is 9.93. The summed E-state index contributed by atoms with van der Waals surface area (Å²) in [5, 5.41) is 5.63. The molecule has 1 heterocycles. The largest absolute Gasteiger partial charge is 0.356 e. The van der Waals surface area contributed by atoms with E-state index in [0.717, 1.165) is 19.3 Å². The summed E-state index contributed by atoms with van der Waals surface area (Å²) >= 11 is 0. The van der Waals surface area contributed by atoms with Crippen molar-refractivity contribution in [3.8, 4) is 0 Å². The Hall–Kier alpha value is -2.96. The Labute approximate surface area is 175 Å². The van der Waals surface area contributed by atoms with E-state index < -0.39 is 0 Å². The van der Waals surface area contributed by atoms with Crippen molar-refractivity contribution < 1.29 is 18.4 Å². The monoisotopic (exact) mass is 415 g/mol. The van der Waals surface area contributed by atoms with Gasteiger partial charge in [0.05, 0.1) is 6.42 Å². The lowest BCUT2D eigenvalue weighted by molar-refractivity contribution is -0.120. The molecule has 0 atom stereocenters. The Morgan fingerprint density at radius 2 is 1.87 bits per heavy atom. The summed E-state index contributed by atoms with van der Waals surface area (Å²) in [7, 11) is 0. The van der Waals surface area contributed by atoms with Crippen LogP contribution in [0.4, 0.5) is 19.3 Å². The Morgan fingerprint density at radius 3 is 2.57 bits per heavy atom. The number of halogens is 2. The van der Waals surface area contributed by atoms with Crippen LogP contribution in [-0.2, 0) is 11.2 Å². The first-order chi connectivity index (χ1) is 14.4. The minimum absolute atomic E-state index is 0.122. The number of hydrogen-bond acceptors (Lipinski definition) is 2. The molecule has 1 aliphatic heterocycles. The zero-order valence-electron chi connectivity index (χ0n) is 17.1. The molecule has 0 radical (unpaired) electrons. The number of carbonyl (C=O) groups excluding carboxylic acids is 2. The molecule has 160 valence electrons. The second-order valence-corrected chi connectivity index (χ2v) is 7.77. The van der Waals surface area contributed by atoms with E-state index in [9.17, 15) is 18.4 Å². The smallest absolute Gasteiger partial charge is 0.321 e. The number of rotatable bonds is 6. The average Bonchev–Trinajstić information content (AvgIpc) is 2.71. The first kappa shape index (κ1) is 21.7. The first-order valence-electron chi connectivity index (χ1n) is 10.2. The zero-order valence-corrected chi connectivity index (χ0v) is 17.1. The Bertz CT molecular complexity index is 896. The molecule has 1 saturated heterocycles. The van der Waals surface area contributed by atoms with Crippen molar-refractivity contribution in [3.63, 3.8) is 0 Å². The predicted molar refractivity (Wildman–Crippen MR) is 112 cm³/mol. The molecule has 0 unspecified atom stereocenters. The molecule has 0 saturated carbocycles. The predicted octanol–water partition coefficient (Wildman–Crippen LogP) is 4.27. The minimum atomic E-state index is -0.344. The summed E-state index contributed by atoms with van der Waals surface area (Å²) < 4.78 is 26.8. The highest BCUT2D eigenvalue weighted by Gasteiger charge is 2.23. The standard InChI is InChI=1S/C23H27F2N3O2/c1-16-5-6-20(15-21(16)25)27-23(30)28-11-8-17(9-12-28)7-10-26-22(29)14-18-3-2-4-19(24)13-18/h2-6,13,15,17H,7-12,14H2,1H3,(H,26,29)(H,27,30). The molecule has 2 N–H and O–H groups in total. The third-order valence-electron chi connectivity index (χ3n) is 5.45. The van der Waals surface area contributed by atoms with Crippen LogP contribution in [-0.4, -0.2) is 36.5 Å². The second kappa shape index (κ2) is 10.2. The molecule has 3 rings (SSSR count). The van der Waals surface area contributed by atoms with Crippen molar-refractivity contribution >= 4 is 17.6 Å². The van der Waals surface area contributed by atoms with Gasteiger partial charge in [0.2, 0.25) is 5.91 Å². The summed E-state index contributed by atoms with van der Waals surface area (Å²) in [6, 6.07) is 10.5. The van der Waals surface area contributed by atoms with Gasteiger partial charge in [-0.05, 0) is 67.5 Å². The van der Waals surface area contributed by atoms with E-state index in [1.807, 2.05) is 0 Å². The highest BCUT2D eigenvalue weighted by Crippen LogP contribution is 2.21. The molecular formula is C23H27F2N3O2. The fourth-order valence-electron chi connectivity index (χ4n) is 3.61. The molecule has 0 spiro atoms. The Morgan fingerprint density at radius 1 is 1.10 bits per heavy atom. The number of likely N-dealkylation sites (tertiary alicyclic amines) is 1. The number of aryl methyl sites for hydroxylation is 1. The molecule has 30 heavy (non-hydrogen) atoms. The normalized spacial score (nSPS) is 14.4. The molecular weight excluding hydrogens is 388 g/mol. The number of nitrogens with zero attached hydrogens (tertiary/aromatic N) is 1. The maximum atomic E-state index is 13.6. The van der Waals surface area contributed by atoms with Crippen molar-refractivity contribution in [1.82, 2.24) is 10.2 Å². The zero-order chi connectivity index (χ0) is 21.5. The SMILES string of the molecule is Cc1ccc(NC(=O)N2CCC(CCNC(=O)Cc3cccc(F)c3)CC2)cc1F. The molecule has 2 aromatic carbocycles. The number of amides is 3. The van der Waals surface area contributed by atoms with Gasteiger partial charge in [-0.3, -0.25) is 4.79 Å². The van der Waals surface area contributed by atoms with Crippen LogP contribution in [0.2, 0.25) is 0 Å². The maximum Gasteiger partial charge on any atom is 0.321 e. The number of benzene rings is 2. The van der Waals surface area contributed by atoms with Gasteiger partial charge >= 0.3 is 6.03 Å². The number of nitrogens with one attached hydrogen (secondary N) is 2. The van der Waals surface area contributed by atoms with Gasteiger partial charge in [-0.1, -0.05) is 18.2 Å².